The number of nitrogens with one attached hydrogen (secondary N) is 1. The molecule has 0 bridgehead atoms. The van der Waals surface area contributed by atoms with E-state index >= 15 is 0 Å². The highest BCUT2D eigenvalue weighted by molar-refractivity contribution is 4.60. The lowest BCUT2D eigenvalue weighted by atomic mass is 10.1. The van der Waals surface area contributed by atoms with Gasteiger partial charge in [0.05, 0.1) is 0 Å². The van der Waals surface area contributed by atoms with Gasteiger partial charge in [-0.3, -0.25) is 0 Å². The summed E-state index contributed by atoms with van der Waals surface area (Å²) in [5.41, 5.74) is 0. The Morgan fingerprint density at radius 3 is 2.21 bits per heavy atom. The van der Waals surface area contributed by atoms with Crippen molar-refractivity contribution in [2.45, 2.75) is 46.1 Å². The van der Waals surface area contributed by atoms with Gasteiger partial charge in [-0.2, -0.15) is 0 Å². The predicted octanol–water partition coefficient (Wildman–Crippen LogP) is 2.35. The minimum absolute atomic E-state index is 0.661. The van der Waals surface area contributed by atoms with Crippen molar-refractivity contribution in [3.05, 3.63) is 0 Å². The van der Waals surface area contributed by atoms with Gasteiger partial charge < -0.3 is 10.2 Å². The van der Waals surface area contributed by atoms with E-state index in [1.54, 1.807) is 0 Å². The van der Waals surface area contributed by atoms with Crippen molar-refractivity contribution in [3.63, 3.8) is 0 Å². The van der Waals surface area contributed by atoms with Crippen LogP contribution < -0.4 is 5.32 Å². The Balaban J connectivity index is 3.30. The smallest absolute Gasteiger partial charge is 0.00362 e. The SMILES string of the molecule is CNC(C)CCCN(C)CCC(C)C. The van der Waals surface area contributed by atoms with Crippen LogP contribution >= 0.6 is 0 Å². The summed E-state index contributed by atoms with van der Waals surface area (Å²) in [6.07, 6.45) is 3.90. The lowest BCUT2D eigenvalue weighted by Gasteiger charge is -2.18. The molecule has 0 radical (unpaired) electrons. The minimum Gasteiger partial charge on any atom is -0.317 e. The van der Waals surface area contributed by atoms with Gasteiger partial charge in [-0.25, -0.2) is 0 Å². The molecule has 0 saturated heterocycles. The van der Waals surface area contributed by atoms with E-state index in [-0.39, 0.29) is 0 Å². The van der Waals surface area contributed by atoms with E-state index in [2.05, 4.69) is 38.0 Å². The van der Waals surface area contributed by atoms with E-state index in [4.69, 9.17) is 0 Å². The zero-order valence-electron chi connectivity index (χ0n) is 10.6. The molecule has 86 valence electrons. The van der Waals surface area contributed by atoms with Crippen LogP contribution in [0.5, 0.6) is 0 Å². The normalized spacial score (nSPS) is 13.9. The van der Waals surface area contributed by atoms with Crippen LogP contribution in [0.4, 0.5) is 0 Å². The standard InChI is InChI=1S/C12H28N2/c1-11(2)8-10-14(5)9-6-7-12(3)13-4/h11-13H,6-10H2,1-5H3. The molecule has 1 unspecified atom stereocenters. The van der Waals surface area contributed by atoms with Crippen molar-refractivity contribution in [1.82, 2.24) is 10.2 Å². The van der Waals surface area contributed by atoms with Crippen LogP contribution in [0.3, 0.4) is 0 Å². The average molecular weight is 200 g/mol. The Labute approximate surface area is 90.1 Å². The first kappa shape index (κ1) is 13.9. The van der Waals surface area contributed by atoms with Crippen molar-refractivity contribution in [2.24, 2.45) is 5.92 Å². The Morgan fingerprint density at radius 2 is 1.71 bits per heavy atom. The quantitative estimate of drug-likeness (QED) is 0.647. The van der Waals surface area contributed by atoms with E-state index in [0.717, 1.165) is 5.92 Å². The van der Waals surface area contributed by atoms with Crippen LogP contribution in [0.2, 0.25) is 0 Å². The van der Waals surface area contributed by atoms with Gasteiger partial charge >= 0.3 is 0 Å². The third kappa shape index (κ3) is 8.52. The highest BCUT2D eigenvalue weighted by Gasteiger charge is 2.02. The zero-order valence-corrected chi connectivity index (χ0v) is 10.6. The molecule has 0 rings (SSSR count). The number of hydrogen-bond acceptors (Lipinski definition) is 2. The van der Waals surface area contributed by atoms with Crippen molar-refractivity contribution in [2.75, 3.05) is 27.2 Å². The van der Waals surface area contributed by atoms with Crippen LogP contribution in [0, 0.1) is 5.92 Å². The largest absolute Gasteiger partial charge is 0.317 e. The van der Waals surface area contributed by atoms with Crippen LogP contribution in [0.1, 0.15) is 40.0 Å². The molecule has 0 aliphatic carbocycles. The lowest BCUT2D eigenvalue weighted by molar-refractivity contribution is 0.299. The summed E-state index contributed by atoms with van der Waals surface area (Å²) in [6, 6.07) is 0.661. The fraction of sp³-hybridized carbons (Fsp3) is 1.00. The highest BCUT2D eigenvalue weighted by Crippen LogP contribution is 2.02. The summed E-state index contributed by atoms with van der Waals surface area (Å²) in [6.45, 7) is 9.30. The van der Waals surface area contributed by atoms with E-state index in [0.29, 0.717) is 6.04 Å². The molecule has 0 aromatic heterocycles. The Kier molecular flexibility index (Phi) is 8.20. The van der Waals surface area contributed by atoms with Crippen LogP contribution in [-0.4, -0.2) is 38.1 Å². The molecule has 14 heavy (non-hydrogen) atoms. The number of hydrogen-bond donors (Lipinski definition) is 1. The van der Waals surface area contributed by atoms with E-state index in [1.165, 1.54) is 32.4 Å². The Bertz CT molecular complexity index is 123. The van der Waals surface area contributed by atoms with Gasteiger partial charge in [-0.15, -0.1) is 0 Å². The maximum absolute atomic E-state index is 3.27. The van der Waals surface area contributed by atoms with Gasteiger partial charge in [0.15, 0.2) is 0 Å². The van der Waals surface area contributed by atoms with Gasteiger partial charge in [-0.1, -0.05) is 13.8 Å². The van der Waals surface area contributed by atoms with Crippen molar-refractivity contribution < 1.29 is 0 Å². The second-order valence-corrected chi connectivity index (χ2v) is 4.82. The molecule has 0 aromatic rings. The van der Waals surface area contributed by atoms with Gasteiger partial charge in [0.2, 0.25) is 0 Å². The average Bonchev–Trinajstić information content (AvgIpc) is 2.14. The Hall–Kier alpha value is -0.0800. The predicted molar refractivity (Wildman–Crippen MR) is 64.7 cm³/mol. The summed E-state index contributed by atoms with van der Waals surface area (Å²) >= 11 is 0. The van der Waals surface area contributed by atoms with Crippen molar-refractivity contribution in [3.8, 4) is 0 Å². The molecule has 0 aromatic carbocycles. The fourth-order valence-corrected chi connectivity index (χ4v) is 1.40. The first-order valence-corrected chi connectivity index (χ1v) is 5.92. The van der Waals surface area contributed by atoms with Gasteiger partial charge in [-0.05, 0) is 59.3 Å². The van der Waals surface area contributed by atoms with E-state index < -0.39 is 0 Å². The van der Waals surface area contributed by atoms with Crippen LogP contribution in [0.25, 0.3) is 0 Å². The van der Waals surface area contributed by atoms with E-state index in [1.807, 2.05) is 7.05 Å². The molecule has 0 fully saturated rings. The third-order valence-corrected chi connectivity index (χ3v) is 2.76. The van der Waals surface area contributed by atoms with Crippen molar-refractivity contribution in [1.29, 1.82) is 0 Å². The summed E-state index contributed by atoms with van der Waals surface area (Å²) in [7, 11) is 4.26. The zero-order chi connectivity index (χ0) is 11.0. The summed E-state index contributed by atoms with van der Waals surface area (Å²) in [5, 5.41) is 3.27. The topological polar surface area (TPSA) is 15.3 Å². The van der Waals surface area contributed by atoms with Crippen LogP contribution in [-0.2, 0) is 0 Å². The van der Waals surface area contributed by atoms with Gasteiger partial charge in [0.1, 0.15) is 0 Å². The molecule has 0 aliphatic rings. The molecule has 0 aliphatic heterocycles. The number of nitrogens with zero attached hydrogens (tertiary/aromatic N) is 1. The molecule has 0 amide bonds. The molecule has 1 atom stereocenters. The van der Waals surface area contributed by atoms with Crippen LogP contribution in [0.15, 0.2) is 0 Å². The summed E-state index contributed by atoms with van der Waals surface area (Å²) in [4.78, 5) is 2.45. The maximum Gasteiger partial charge on any atom is 0.00362 e. The summed E-state index contributed by atoms with van der Waals surface area (Å²) < 4.78 is 0. The van der Waals surface area contributed by atoms with Gasteiger partial charge in [0, 0.05) is 6.04 Å². The maximum atomic E-state index is 3.27. The molecule has 0 saturated carbocycles. The summed E-state index contributed by atoms with van der Waals surface area (Å²) in [5.74, 6) is 0.827. The van der Waals surface area contributed by atoms with Crippen molar-refractivity contribution >= 4 is 0 Å². The molecular weight excluding hydrogens is 172 g/mol. The molecule has 0 heterocycles. The van der Waals surface area contributed by atoms with Gasteiger partial charge in [0.25, 0.3) is 0 Å². The first-order chi connectivity index (χ1) is 6.56. The minimum atomic E-state index is 0.661. The molecule has 1 N–H and O–H groups in total. The van der Waals surface area contributed by atoms with E-state index in [9.17, 15) is 0 Å². The Morgan fingerprint density at radius 1 is 1.07 bits per heavy atom. The molecular formula is C12H28N2. The monoisotopic (exact) mass is 200 g/mol. The fourth-order valence-electron chi connectivity index (χ4n) is 1.40. The second-order valence-electron chi connectivity index (χ2n) is 4.82. The molecule has 2 heteroatoms. The molecule has 2 nitrogen and oxygen atoms in total. The third-order valence-electron chi connectivity index (χ3n) is 2.76. The lowest BCUT2D eigenvalue weighted by Crippen LogP contribution is -2.25. The highest BCUT2D eigenvalue weighted by atomic mass is 15.1. The molecule has 0 spiro atoms. The second kappa shape index (κ2) is 8.25. The first-order valence-electron chi connectivity index (χ1n) is 5.92. The number of rotatable bonds is 8.